The van der Waals surface area contributed by atoms with Crippen LogP contribution >= 0.6 is 0 Å². The third kappa shape index (κ3) is 2.84. The van der Waals surface area contributed by atoms with Gasteiger partial charge in [-0.05, 0) is 19.1 Å². The maximum atomic E-state index is 12.1. The molecular weight excluding hydrogens is 262 g/mol. The monoisotopic (exact) mass is 277 g/mol. The molecule has 0 spiro atoms. The molecule has 0 radical (unpaired) electrons. The average molecular weight is 277 g/mol. The molecule has 0 atom stereocenters. The van der Waals surface area contributed by atoms with Crippen molar-refractivity contribution in [2.75, 3.05) is 0 Å². The number of hydrogen-bond acceptors (Lipinski definition) is 2. The predicted molar refractivity (Wildman–Crippen MR) is 83.2 cm³/mol. The second-order valence-corrected chi connectivity index (χ2v) is 4.74. The Balaban J connectivity index is 1.96. The van der Waals surface area contributed by atoms with Gasteiger partial charge in [0.05, 0.1) is 16.9 Å². The minimum absolute atomic E-state index is 0.601. The van der Waals surface area contributed by atoms with Gasteiger partial charge >= 0.3 is 0 Å². The van der Waals surface area contributed by atoms with Crippen molar-refractivity contribution >= 4 is 11.9 Å². The summed E-state index contributed by atoms with van der Waals surface area (Å²) in [6, 6.07) is 18.9. The van der Waals surface area contributed by atoms with E-state index in [0.717, 1.165) is 21.7 Å². The fourth-order valence-electron chi connectivity index (χ4n) is 2.09. The van der Waals surface area contributed by atoms with E-state index in [1.807, 2.05) is 61.7 Å². The second-order valence-electron chi connectivity index (χ2n) is 4.74. The molecule has 104 valence electrons. The highest BCUT2D eigenvalue weighted by atomic mass is 16.5. The number of rotatable bonds is 3. The number of aryl methyl sites for hydroxylation is 1. The molecule has 2 aromatic carbocycles. The highest BCUT2D eigenvalue weighted by Gasteiger charge is 2.08. The van der Waals surface area contributed by atoms with E-state index >= 15 is 0 Å². The van der Waals surface area contributed by atoms with Crippen molar-refractivity contribution in [2.45, 2.75) is 6.92 Å². The summed E-state index contributed by atoms with van der Waals surface area (Å²) >= 11 is 0. The van der Waals surface area contributed by atoms with Crippen LogP contribution in [-0.2, 0) is 0 Å². The third-order valence-corrected chi connectivity index (χ3v) is 3.22. The van der Waals surface area contributed by atoms with Crippen molar-refractivity contribution in [1.29, 1.82) is 0 Å². The third-order valence-electron chi connectivity index (χ3n) is 3.22. The Morgan fingerprint density at radius 1 is 1.00 bits per heavy atom. The lowest BCUT2D eigenvalue weighted by Crippen LogP contribution is -1.98. The fraction of sp³-hybridized carbons (Fsp3) is 0.0588. The molecule has 4 heteroatoms. The lowest BCUT2D eigenvalue weighted by Gasteiger charge is -2.01. The maximum Gasteiger partial charge on any atom is 0.216 e. The zero-order valence-corrected chi connectivity index (χ0v) is 11.7. The van der Waals surface area contributed by atoms with Gasteiger partial charge in [0.15, 0.2) is 6.21 Å². The molecule has 0 amide bonds. The normalized spacial score (nSPS) is 11.6. The van der Waals surface area contributed by atoms with Crippen LogP contribution in [0.2, 0.25) is 0 Å². The second kappa shape index (κ2) is 5.63. The van der Waals surface area contributed by atoms with Gasteiger partial charge in [-0.3, -0.25) is 0 Å². The molecule has 0 saturated heterocycles. The highest BCUT2D eigenvalue weighted by Crippen LogP contribution is 2.13. The van der Waals surface area contributed by atoms with Crippen LogP contribution in [0.3, 0.4) is 0 Å². The standard InChI is InChI=1S/C17H15N3O/c1-14-15(13-20(21)17-10-6-3-7-11-17)12-19(18-14)16-8-4-2-5-9-16/h2-13H,1H3/b20-13-. The first-order valence-corrected chi connectivity index (χ1v) is 6.72. The van der Waals surface area contributed by atoms with Gasteiger partial charge in [-0.2, -0.15) is 9.84 Å². The Bertz CT molecular complexity index is 761. The number of hydrogen-bond donors (Lipinski definition) is 0. The van der Waals surface area contributed by atoms with E-state index in [0.29, 0.717) is 5.69 Å². The number of benzene rings is 2. The predicted octanol–water partition coefficient (Wildman–Crippen LogP) is 3.44. The first kappa shape index (κ1) is 13.1. The molecule has 0 aliphatic heterocycles. The van der Waals surface area contributed by atoms with Gasteiger partial charge in [0.1, 0.15) is 0 Å². The average Bonchev–Trinajstić information content (AvgIpc) is 2.90. The van der Waals surface area contributed by atoms with Crippen LogP contribution in [-0.4, -0.2) is 20.7 Å². The minimum atomic E-state index is 0.601. The van der Waals surface area contributed by atoms with Crippen LogP contribution in [0.4, 0.5) is 5.69 Å². The number of para-hydroxylation sites is 2. The van der Waals surface area contributed by atoms with Crippen molar-refractivity contribution in [1.82, 2.24) is 9.78 Å². The van der Waals surface area contributed by atoms with Crippen LogP contribution in [0.1, 0.15) is 11.3 Å². The Morgan fingerprint density at radius 2 is 1.62 bits per heavy atom. The number of aromatic nitrogens is 2. The summed E-state index contributed by atoms with van der Waals surface area (Å²) < 4.78 is 2.64. The Labute approximate surface area is 123 Å². The topological polar surface area (TPSA) is 43.9 Å². The van der Waals surface area contributed by atoms with E-state index in [4.69, 9.17) is 0 Å². The molecule has 3 aromatic rings. The van der Waals surface area contributed by atoms with E-state index in [1.165, 1.54) is 0 Å². The van der Waals surface area contributed by atoms with Gasteiger partial charge in [0.2, 0.25) is 5.69 Å². The van der Waals surface area contributed by atoms with Crippen molar-refractivity contribution in [2.24, 2.45) is 0 Å². The van der Waals surface area contributed by atoms with Crippen molar-refractivity contribution in [3.05, 3.63) is 83.3 Å². The maximum absolute atomic E-state index is 12.1. The first-order valence-electron chi connectivity index (χ1n) is 6.72. The zero-order valence-electron chi connectivity index (χ0n) is 11.7. The SMILES string of the molecule is Cc1nn(-c2ccccc2)cc1/C=[N+](\[O-])c1ccccc1. The summed E-state index contributed by atoms with van der Waals surface area (Å²) in [5, 5.41) is 16.6. The molecule has 0 saturated carbocycles. The van der Waals surface area contributed by atoms with Gasteiger partial charge in [0.25, 0.3) is 0 Å². The van der Waals surface area contributed by atoms with Crippen LogP contribution in [0.5, 0.6) is 0 Å². The van der Waals surface area contributed by atoms with E-state index in [-0.39, 0.29) is 0 Å². The first-order chi connectivity index (χ1) is 10.2. The largest absolute Gasteiger partial charge is 0.618 e. The Hall–Kier alpha value is -2.88. The highest BCUT2D eigenvalue weighted by molar-refractivity contribution is 5.78. The molecule has 0 N–H and O–H groups in total. The van der Waals surface area contributed by atoms with E-state index in [2.05, 4.69) is 5.10 Å². The molecule has 1 aromatic heterocycles. The van der Waals surface area contributed by atoms with Gasteiger partial charge < -0.3 is 5.21 Å². The summed E-state index contributed by atoms with van der Waals surface area (Å²) in [6.07, 6.45) is 3.41. The molecule has 0 bridgehead atoms. The lowest BCUT2D eigenvalue weighted by molar-refractivity contribution is -0.354. The van der Waals surface area contributed by atoms with E-state index in [1.54, 1.807) is 23.0 Å². The van der Waals surface area contributed by atoms with Gasteiger partial charge in [0, 0.05) is 18.3 Å². The molecule has 4 nitrogen and oxygen atoms in total. The fourth-order valence-corrected chi connectivity index (χ4v) is 2.09. The van der Waals surface area contributed by atoms with E-state index in [9.17, 15) is 5.21 Å². The van der Waals surface area contributed by atoms with Crippen LogP contribution < -0.4 is 0 Å². The Kier molecular flexibility index (Phi) is 3.51. The minimum Gasteiger partial charge on any atom is -0.618 e. The zero-order chi connectivity index (χ0) is 14.7. The van der Waals surface area contributed by atoms with Crippen LogP contribution in [0.15, 0.2) is 66.9 Å². The quantitative estimate of drug-likeness (QED) is 0.318. The molecule has 0 fully saturated rings. The number of nitrogens with zero attached hydrogens (tertiary/aromatic N) is 3. The molecular formula is C17H15N3O. The molecule has 1 heterocycles. The summed E-state index contributed by atoms with van der Waals surface area (Å²) in [6.45, 7) is 1.89. The van der Waals surface area contributed by atoms with Crippen molar-refractivity contribution in [3.8, 4) is 5.69 Å². The van der Waals surface area contributed by atoms with E-state index < -0.39 is 0 Å². The molecule has 0 unspecified atom stereocenters. The Morgan fingerprint density at radius 3 is 2.29 bits per heavy atom. The van der Waals surface area contributed by atoms with Gasteiger partial charge in [-0.15, -0.1) is 0 Å². The smallest absolute Gasteiger partial charge is 0.216 e. The lowest BCUT2D eigenvalue weighted by atomic mass is 10.3. The summed E-state index contributed by atoms with van der Waals surface area (Å²) in [5.41, 5.74) is 3.19. The summed E-state index contributed by atoms with van der Waals surface area (Å²) in [7, 11) is 0. The molecule has 0 aliphatic rings. The van der Waals surface area contributed by atoms with Crippen LogP contribution in [0, 0.1) is 12.1 Å². The molecule has 3 rings (SSSR count). The summed E-state index contributed by atoms with van der Waals surface area (Å²) in [4.78, 5) is 0. The molecule has 0 aliphatic carbocycles. The van der Waals surface area contributed by atoms with Gasteiger partial charge in [-0.25, -0.2) is 4.68 Å². The van der Waals surface area contributed by atoms with Crippen LogP contribution in [0.25, 0.3) is 5.69 Å². The summed E-state index contributed by atoms with van der Waals surface area (Å²) in [5.74, 6) is 0. The van der Waals surface area contributed by atoms with Crippen molar-refractivity contribution in [3.63, 3.8) is 0 Å². The van der Waals surface area contributed by atoms with Gasteiger partial charge in [-0.1, -0.05) is 36.4 Å². The molecule has 21 heavy (non-hydrogen) atoms. The van der Waals surface area contributed by atoms with Crippen molar-refractivity contribution < 1.29 is 4.74 Å².